The lowest BCUT2D eigenvalue weighted by Crippen LogP contribution is -2.28. The lowest BCUT2D eigenvalue weighted by atomic mass is 10.2. The topological polar surface area (TPSA) is 50.4 Å². The van der Waals surface area contributed by atoms with Crippen LogP contribution in [0.1, 0.15) is 19.4 Å². The first-order valence-electron chi connectivity index (χ1n) is 6.06. The highest BCUT2D eigenvalue weighted by atomic mass is 19.1. The fourth-order valence-corrected chi connectivity index (χ4v) is 1.43. The van der Waals surface area contributed by atoms with Crippen LogP contribution in [0.2, 0.25) is 0 Å². The summed E-state index contributed by atoms with van der Waals surface area (Å²) in [7, 11) is 0. The summed E-state index contributed by atoms with van der Waals surface area (Å²) in [6.07, 6.45) is 0. The fraction of sp³-hybridized carbons (Fsp3) is 0.462. The van der Waals surface area contributed by atoms with Crippen molar-refractivity contribution in [1.82, 2.24) is 10.6 Å². The van der Waals surface area contributed by atoms with Gasteiger partial charge in [0.2, 0.25) is 0 Å². The predicted molar refractivity (Wildman–Crippen MR) is 68.0 cm³/mol. The fourth-order valence-electron chi connectivity index (χ4n) is 1.43. The van der Waals surface area contributed by atoms with Crippen LogP contribution in [0.4, 0.5) is 4.39 Å². The van der Waals surface area contributed by atoms with Crippen molar-refractivity contribution >= 4 is 5.91 Å². The third kappa shape index (κ3) is 4.71. The van der Waals surface area contributed by atoms with E-state index in [0.717, 1.165) is 12.1 Å². The van der Waals surface area contributed by atoms with Crippen LogP contribution in [0.5, 0.6) is 5.75 Å². The van der Waals surface area contributed by atoms with E-state index in [9.17, 15) is 9.18 Å². The maximum atomic E-state index is 13.6. The Labute approximate surface area is 107 Å². The lowest BCUT2D eigenvalue weighted by Gasteiger charge is -2.08. The number of halogens is 1. The van der Waals surface area contributed by atoms with Gasteiger partial charge in [0.1, 0.15) is 0 Å². The summed E-state index contributed by atoms with van der Waals surface area (Å²) >= 11 is 0. The van der Waals surface area contributed by atoms with E-state index >= 15 is 0 Å². The molecule has 1 rings (SSSR count). The maximum absolute atomic E-state index is 13.6. The van der Waals surface area contributed by atoms with Crippen molar-refractivity contribution in [2.75, 3.05) is 19.7 Å². The molecule has 0 aliphatic heterocycles. The molecule has 1 aromatic carbocycles. The smallest absolute Gasteiger partial charge is 0.257 e. The largest absolute Gasteiger partial charge is 0.481 e. The second-order valence-corrected chi connectivity index (χ2v) is 3.79. The normalized spacial score (nSPS) is 10.2. The van der Waals surface area contributed by atoms with Crippen molar-refractivity contribution in [3.63, 3.8) is 0 Å². The highest BCUT2D eigenvalue weighted by molar-refractivity contribution is 5.77. The quantitative estimate of drug-likeness (QED) is 0.774. The molecule has 1 amide bonds. The van der Waals surface area contributed by atoms with E-state index in [1.165, 1.54) is 6.07 Å². The molecule has 5 heteroatoms. The van der Waals surface area contributed by atoms with Crippen LogP contribution in [0.3, 0.4) is 0 Å². The van der Waals surface area contributed by atoms with E-state index in [1.807, 2.05) is 13.8 Å². The van der Waals surface area contributed by atoms with E-state index < -0.39 is 5.82 Å². The number of carbonyl (C=O) groups is 1. The molecule has 1 aromatic rings. The molecule has 0 heterocycles. The van der Waals surface area contributed by atoms with E-state index in [4.69, 9.17) is 4.74 Å². The minimum atomic E-state index is -0.449. The van der Waals surface area contributed by atoms with Gasteiger partial charge in [-0.3, -0.25) is 4.79 Å². The monoisotopic (exact) mass is 254 g/mol. The summed E-state index contributed by atoms with van der Waals surface area (Å²) in [6, 6.07) is 4.73. The third-order valence-corrected chi connectivity index (χ3v) is 2.31. The molecule has 4 nitrogen and oxygen atoms in total. The number of ether oxygens (including phenoxy) is 1. The van der Waals surface area contributed by atoms with E-state index in [-0.39, 0.29) is 18.3 Å². The van der Waals surface area contributed by atoms with Gasteiger partial charge in [-0.2, -0.15) is 0 Å². The molecule has 0 aliphatic rings. The molecule has 0 radical (unpaired) electrons. The number of hydrogen-bond acceptors (Lipinski definition) is 3. The Balaban J connectivity index is 2.54. The molecule has 0 aromatic heterocycles. The number of carbonyl (C=O) groups excluding carboxylic acids is 1. The van der Waals surface area contributed by atoms with Crippen molar-refractivity contribution in [3.8, 4) is 5.75 Å². The molecule has 0 atom stereocenters. The highest BCUT2D eigenvalue weighted by Gasteiger charge is 2.07. The van der Waals surface area contributed by atoms with Gasteiger partial charge >= 0.3 is 0 Å². The molecule has 0 saturated carbocycles. The minimum absolute atomic E-state index is 0.0986. The SMILES string of the molecule is CCNCc1ccc(OCC(=O)NCC)c(F)c1. The molecular formula is C13H19FN2O2. The second kappa shape index (κ2) is 7.66. The second-order valence-electron chi connectivity index (χ2n) is 3.79. The van der Waals surface area contributed by atoms with Gasteiger partial charge in [0.15, 0.2) is 18.2 Å². The number of hydrogen-bond donors (Lipinski definition) is 2. The van der Waals surface area contributed by atoms with Gasteiger partial charge < -0.3 is 15.4 Å². The molecular weight excluding hydrogens is 235 g/mol. The molecule has 2 N–H and O–H groups in total. The van der Waals surface area contributed by atoms with Crippen molar-refractivity contribution in [2.45, 2.75) is 20.4 Å². The van der Waals surface area contributed by atoms with Crippen LogP contribution < -0.4 is 15.4 Å². The Morgan fingerprint density at radius 2 is 2.11 bits per heavy atom. The van der Waals surface area contributed by atoms with E-state index in [1.54, 1.807) is 12.1 Å². The standard InChI is InChI=1S/C13H19FN2O2/c1-3-15-8-10-5-6-12(11(14)7-10)18-9-13(17)16-4-2/h5-7,15H,3-4,8-9H2,1-2H3,(H,16,17). The van der Waals surface area contributed by atoms with Gasteiger partial charge in [0.25, 0.3) is 5.91 Å². The number of rotatable bonds is 7. The number of likely N-dealkylation sites (N-methyl/N-ethyl adjacent to an activating group) is 1. The molecule has 0 fully saturated rings. The Kier molecular flexibility index (Phi) is 6.14. The Hall–Kier alpha value is -1.62. The summed E-state index contributed by atoms with van der Waals surface area (Å²) in [6.45, 7) is 5.61. The zero-order chi connectivity index (χ0) is 13.4. The lowest BCUT2D eigenvalue weighted by molar-refractivity contribution is -0.123. The predicted octanol–water partition coefficient (Wildman–Crippen LogP) is 1.45. The van der Waals surface area contributed by atoms with Crippen LogP contribution in [0.15, 0.2) is 18.2 Å². The maximum Gasteiger partial charge on any atom is 0.257 e. The van der Waals surface area contributed by atoms with E-state index in [0.29, 0.717) is 13.1 Å². The summed E-state index contributed by atoms with van der Waals surface area (Å²) in [5.74, 6) is -0.607. The average molecular weight is 254 g/mol. The first-order chi connectivity index (χ1) is 8.67. The molecule has 100 valence electrons. The zero-order valence-corrected chi connectivity index (χ0v) is 10.8. The van der Waals surface area contributed by atoms with Crippen molar-refractivity contribution in [2.24, 2.45) is 0 Å². The third-order valence-electron chi connectivity index (χ3n) is 2.31. The molecule has 0 saturated heterocycles. The average Bonchev–Trinajstić information content (AvgIpc) is 2.35. The molecule has 0 bridgehead atoms. The Morgan fingerprint density at radius 3 is 2.72 bits per heavy atom. The van der Waals surface area contributed by atoms with Gasteiger partial charge in [-0.05, 0) is 31.2 Å². The van der Waals surface area contributed by atoms with Crippen LogP contribution in [0, 0.1) is 5.82 Å². The summed E-state index contributed by atoms with van der Waals surface area (Å²) in [4.78, 5) is 11.2. The van der Waals surface area contributed by atoms with Crippen molar-refractivity contribution in [1.29, 1.82) is 0 Å². The van der Waals surface area contributed by atoms with Gasteiger partial charge in [0.05, 0.1) is 0 Å². The molecule has 0 unspecified atom stereocenters. The van der Waals surface area contributed by atoms with Gasteiger partial charge in [0, 0.05) is 13.1 Å². The number of amides is 1. The van der Waals surface area contributed by atoms with Crippen molar-refractivity contribution in [3.05, 3.63) is 29.6 Å². The first-order valence-corrected chi connectivity index (χ1v) is 6.06. The first kappa shape index (κ1) is 14.4. The van der Waals surface area contributed by atoms with E-state index in [2.05, 4.69) is 10.6 Å². The van der Waals surface area contributed by atoms with Crippen LogP contribution in [0.25, 0.3) is 0 Å². The summed E-state index contributed by atoms with van der Waals surface area (Å²) < 4.78 is 18.7. The highest BCUT2D eigenvalue weighted by Crippen LogP contribution is 2.18. The van der Waals surface area contributed by atoms with Gasteiger partial charge in [-0.1, -0.05) is 13.0 Å². The zero-order valence-electron chi connectivity index (χ0n) is 10.8. The molecule has 0 aliphatic carbocycles. The van der Waals surface area contributed by atoms with Gasteiger partial charge in [-0.25, -0.2) is 4.39 Å². The van der Waals surface area contributed by atoms with Crippen molar-refractivity contribution < 1.29 is 13.9 Å². The molecule has 18 heavy (non-hydrogen) atoms. The number of benzene rings is 1. The molecule has 0 spiro atoms. The van der Waals surface area contributed by atoms with Crippen LogP contribution >= 0.6 is 0 Å². The summed E-state index contributed by atoms with van der Waals surface area (Å²) in [5.41, 5.74) is 0.847. The number of nitrogens with one attached hydrogen (secondary N) is 2. The Morgan fingerprint density at radius 1 is 1.33 bits per heavy atom. The minimum Gasteiger partial charge on any atom is -0.481 e. The Bertz CT molecular complexity index is 397. The summed E-state index contributed by atoms with van der Waals surface area (Å²) in [5, 5.41) is 5.68. The van der Waals surface area contributed by atoms with Crippen LogP contribution in [-0.2, 0) is 11.3 Å². The van der Waals surface area contributed by atoms with Crippen LogP contribution in [-0.4, -0.2) is 25.6 Å². The van der Waals surface area contributed by atoms with Gasteiger partial charge in [-0.15, -0.1) is 0 Å².